The van der Waals surface area contributed by atoms with Gasteiger partial charge < -0.3 is 4.57 Å². The highest BCUT2D eigenvalue weighted by molar-refractivity contribution is 9.10. The Labute approximate surface area is 179 Å². The van der Waals surface area contributed by atoms with Crippen LogP contribution in [0.25, 0.3) is 11.2 Å². The van der Waals surface area contributed by atoms with Gasteiger partial charge in [0.1, 0.15) is 0 Å². The summed E-state index contributed by atoms with van der Waals surface area (Å²) in [6.07, 6.45) is 4.95. The Morgan fingerprint density at radius 3 is 2.47 bits per heavy atom. The average Bonchev–Trinajstić information content (AvgIpc) is 3.08. The summed E-state index contributed by atoms with van der Waals surface area (Å²) in [6, 6.07) is 11.1. The number of aromatic nitrogens is 5. The van der Waals surface area contributed by atoms with Crippen molar-refractivity contribution in [3.05, 3.63) is 85.2 Å². The van der Waals surface area contributed by atoms with E-state index in [4.69, 9.17) is 0 Å². The molecule has 0 amide bonds. The molecular weight excluding hydrogens is 450 g/mol. The van der Waals surface area contributed by atoms with Crippen molar-refractivity contribution in [3.8, 4) is 0 Å². The van der Waals surface area contributed by atoms with Crippen LogP contribution in [-0.4, -0.2) is 29.9 Å². The van der Waals surface area contributed by atoms with Gasteiger partial charge in [-0.3, -0.25) is 18.9 Å². The smallest absolute Gasteiger partial charge is 0.306 e. The molecular formula is C20H18BrN7O2. The molecule has 0 saturated heterocycles. The number of aryl methyl sites for hydroxylation is 2. The van der Waals surface area contributed by atoms with Crippen molar-refractivity contribution in [2.24, 2.45) is 19.2 Å². The van der Waals surface area contributed by atoms with E-state index in [1.807, 2.05) is 36.4 Å². The number of hydrogen-bond acceptors (Lipinski definition) is 6. The molecule has 30 heavy (non-hydrogen) atoms. The highest BCUT2D eigenvalue weighted by Gasteiger charge is 2.18. The van der Waals surface area contributed by atoms with Crippen molar-refractivity contribution in [3.63, 3.8) is 0 Å². The van der Waals surface area contributed by atoms with Gasteiger partial charge in [0.05, 0.1) is 12.8 Å². The summed E-state index contributed by atoms with van der Waals surface area (Å²) >= 11 is 3.38. The van der Waals surface area contributed by atoms with Crippen LogP contribution in [0.1, 0.15) is 11.1 Å². The average molecular weight is 468 g/mol. The van der Waals surface area contributed by atoms with Crippen LogP contribution in [0.15, 0.2) is 68.0 Å². The molecule has 0 bridgehead atoms. The second-order valence-corrected chi connectivity index (χ2v) is 7.59. The number of halogens is 1. The number of hydrazone groups is 1. The predicted octanol–water partition coefficient (Wildman–Crippen LogP) is 2.09. The van der Waals surface area contributed by atoms with E-state index in [9.17, 15) is 9.59 Å². The first kappa shape index (κ1) is 19.8. The van der Waals surface area contributed by atoms with Crippen molar-refractivity contribution in [2.75, 3.05) is 5.43 Å². The van der Waals surface area contributed by atoms with Crippen LogP contribution in [0.3, 0.4) is 0 Å². The molecule has 10 heteroatoms. The minimum absolute atomic E-state index is 0.170. The van der Waals surface area contributed by atoms with Gasteiger partial charge in [0.2, 0.25) is 5.95 Å². The van der Waals surface area contributed by atoms with E-state index in [-0.39, 0.29) is 6.54 Å². The highest BCUT2D eigenvalue weighted by atomic mass is 79.9. The van der Waals surface area contributed by atoms with Crippen LogP contribution in [0.4, 0.5) is 5.95 Å². The van der Waals surface area contributed by atoms with Crippen LogP contribution in [0.5, 0.6) is 0 Å². The fourth-order valence-corrected chi connectivity index (χ4v) is 3.33. The number of anilines is 1. The zero-order chi connectivity index (χ0) is 21.3. The summed E-state index contributed by atoms with van der Waals surface area (Å²) in [6.45, 7) is 0.170. The van der Waals surface area contributed by atoms with Gasteiger partial charge in [0.15, 0.2) is 11.2 Å². The second-order valence-electron chi connectivity index (χ2n) is 6.68. The molecule has 0 spiro atoms. The molecule has 0 aliphatic rings. The van der Waals surface area contributed by atoms with Crippen LogP contribution in [0.2, 0.25) is 0 Å². The quantitative estimate of drug-likeness (QED) is 0.357. The molecule has 0 saturated carbocycles. The van der Waals surface area contributed by atoms with E-state index in [2.05, 4.69) is 36.4 Å². The van der Waals surface area contributed by atoms with Gasteiger partial charge in [0.25, 0.3) is 5.56 Å². The molecule has 0 unspecified atom stereocenters. The third kappa shape index (κ3) is 3.69. The van der Waals surface area contributed by atoms with Gasteiger partial charge in [-0.1, -0.05) is 28.1 Å². The van der Waals surface area contributed by atoms with Crippen molar-refractivity contribution in [2.45, 2.75) is 6.54 Å². The Kier molecular flexibility index (Phi) is 5.32. The van der Waals surface area contributed by atoms with Crippen molar-refractivity contribution < 1.29 is 0 Å². The number of imidazole rings is 1. The molecule has 4 aromatic rings. The van der Waals surface area contributed by atoms with E-state index in [0.717, 1.165) is 15.6 Å². The number of fused-ring (bicyclic) bond motifs is 1. The minimum atomic E-state index is -0.430. The standard InChI is InChI=1S/C20H18BrN7O2/c1-26-16-17(24-19(26)25-23-11-13-7-9-22-10-8-13)27(2)20(30)28(18(16)29)12-14-3-5-15(21)6-4-14/h3-11H,12H2,1-2H3,(H,24,25)/b23-11+. The Morgan fingerprint density at radius 2 is 1.77 bits per heavy atom. The lowest BCUT2D eigenvalue weighted by molar-refractivity contribution is 0.655. The summed E-state index contributed by atoms with van der Waals surface area (Å²) in [5.41, 5.74) is 4.31. The lowest BCUT2D eigenvalue weighted by atomic mass is 10.2. The lowest BCUT2D eigenvalue weighted by Crippen LogP contribution is -2.39. The molecule has 3 aromatic heterocycles. The Balaban J connectivity index is 1.73. The molecule has 0 aliphatic heterocycles. The maximum Gasteiger partial charge on any atom is 0.332 e. The van der Waals surface area contributed by atoms with Crippen molar-refractivity contribution >= 4 is 39.3 Å². The molecule has 152 valence electrons. The number of nitrogens with zero attached hydrogens (tertiary/aromatic N) is 6. The number of pyridine rings is 1. The van der Waals surface area contributed by atoms with Crippen LogP contribution in [-0.2, 0) is 20.6 Å². The maximum absolute atomic E-state index is 13.1. The van der Waals surface area contributed by atoms with E-state index in [0.29, 0.717) is 17.1 Å². The highest BCUT2D eigenvalue weighted by Crippen LogP contribution is 2.14. The third-order valence-corrected chi connectivity index (χ3v) is 5.23. The molecule has 0 aliphatic carbocycles. The van der Waals surface area contributed by atoms with E-state index < -0.39 is 11.2 Å². The normalized spacial score (nSPS) is 11.4. The summed E-state index contributed by atoms with van der Waals surface area (Å²) in [4.78, 5) is 34.3. The summed E-state index contributed by atoms with van der Waals surface area (Å²) in [7, 11) is 3.30. The summed E-state index contributed by atoms with van der Waals surface area (Å²) in [5, 5.41) is 4.16. The van der Waals surface area contributed by atoms with Crippen LogP contribution < -0.4 is 16.7 Å². The Morgan fingerprint density at radius 1 is 1.07 bits per heavy atom. The SMILES string of the molecule is Cn1c(N/N=C/c2ccncc2)nc2c1c(=O)n(Cc1ccc(Br)cc1)c(=O)n2C. The third-order valence-electron chi connectivity index (χ3n) is 4.70. The number of nitrogens with one attached hydrogen (secondary N) is 1. The second kappa shape index (κ2) is 8.07. The molecule has 4 rings (SSSR count). The molecule has 0 fully saturated rings. The minimum Gasteiger partial charge on any atom is -0.306 e. The largest absolute Gasteiger partial charge is 0.332 e. The first-order valence-corrected chi connectivity index (χ1v) is 9.85. The van der Waals surface area contributed by atoms with Gasteiger partial charge in [-0.25, -0.2) is 10.2 Å². The van der Waals surface area contributed by atoms with E-state index >= 15 is 0 Å². The first-order chi connectivity index (χ1) is 14.5. The van der Waals surface area contributed by atoms with Gasteiger partial charge in [-0.2, -0.15) is 10.1 Å². The zero-order valence-electron chi connectivity index (χ0n) is 16.3. The molecule has 3 heterocycles. The maximum atomic E-state index is 13.1. The van der Waals surface area contributed by atoms with Crippen molar-refractivity contribution in [1.29, 1.82) is 0 Å². The van der Waals surface area contributed by atoms with Gasteiger partial charge >= 0.3 is 5.69 Å². The van der Waals surface area contributed by atoms with Gasteiger partial charge in [-0.05, 0) is 35.4 Å². The molecule has 0 atom stereocenters. The summed E-state index contributed by atoms with van der Waals surface area (Å²) in [5.74, 6) is 0.351. The fourth-order valence-electron chi connectivity index (χ4n) is 3.07. The molecule has 9 nitrogen and oxygen atoms in total. The van der Waals surface area contributed by atoms with Gasteiger partial charge in [0, 0.05) is 31.0 Å². The fraction of sp³-hybridized carbons (Fsp3) is 0.150. The molecule has 1 aromatic carbocycles. The topological polar surface area (TPSA) is 99.1 Å². The number of hydrogen-bond donors (Lipinski definition) is 1. The molecule has 0 radical (unpaired) electrons. The zero-order valence-corrected chi connectivity index (χ0v) is 17.9. The molecule has 1 N–H and O–H groups in total. The van der Waals surface area contributed by atoms with Crippen molar-refractivity contribution in [1.82, 2.24) is 23.7 Å². The van der Waals surface area contributed by atoms with Gasteiger partial charge in [-0.15, -0.1) is 0 Å². The Bertz CT molecular complexity index is 1350. The number of rotatable bonds is 5. The predicted molar refractivity (Wildman–Crippen MR) is 119 cm³/mol. The summed E-state index contributed by atoms with van der Waals surface area (Å²) < 4.78 is 5.10. The monoisotopic (exact) mass is 467 g/mol. The van der Waals surface area contributed by atoms with E-state index in [1.54, 1.807) is 37.3 Å². The first-order valence-electron chi connectivity index (χ1n) is 9.05. The van der Waals surface area contributed by atoms with E-state index in [1.165, 1.54) is 9.13 Å². The van der Waals surface area contributed by atoms with Crippen LogP contribution in [0, 0.1) is 0 Å². The number of benzene rings is 1. The van der Waals surface area contributed by atoms with Crippen LogP contribution >= 0.6 is 15.9 Å². The Hall–Kier alpha value is -3.53. The lowest BCUT2D eigenvalue weighted by Gasteiger charge is -2.09.